The molecular weight excluding hydrogens is 344 g/mol. The summed E-state index contributed by atoms with van der Waals surface area (Å²) in [6, 6.07) is 4.61. The van der Waals surface area contributed by atoms with E-state index in [0.717, 1.165) is 6.42 Å². The van der Waals surface area contributed by atoms with E-state index in [2.05, 4.69) is 10.6 Å². The molecule has 1 aromatic rings. The predicted molar refractivity (Wildman–Crippen MR) is 95.7 cm³/mol. The number of halogens is 1. The Bertz CT molecular complexity index is 702. The van der Waals surface area contributed by atoms with E-state index in [-0.39, 0.29) is 11.6 Å². The number of aliphatic carboxylic acids is 1. The number of anilines is 1. The minimum absolute atomic E-state index is 0.282. The molecule has 0 unspecified atom stereocenters. The SMILES string of the molecule is CCCNC(=O)c1ccc(Cl)cc1NC(=O)[C@@H]1CC=CC[C@@H]1C(=O)O. The van der Waals surface area contributed by atoms with Gasteiger partial charge in [0.1, 0.15) is 0 Å². The zero-order chi connectivity index (χ0) is 18.4. The lowest BCUT2D eigenvalue weighted by Gasteiger charge is -2.24. The topological polar surface area (TPSA) is 95.5 Å². The molecule has 0 heterocycles. The monoisotopic (exact) mass is 364 g/mol. The molecule has 0 spiro atoms. The fraction of sp³-hybridized carbons (Fsp3) is 0.389. The van der Waals surface area contributed by atoms with Crippen LogP contribution in [0.3, 0.4) is 0 Å². The molecule has 6 nitrogen and oxygen atoms in total. The maximum atomic E-state index is 12.6. The molecule has 2 atom stereocenters. The van der Waals surface area contributed by atoms with E-state index in [1.807, 2.05) is 6.92 Å². The third-order valence-electron chi connectivity index (χ3n) is 4.11. The number of rotatable bonds is 6. The third kappa shape index (κ3) is 4.82. The fourth-order valence-corrected chi connectivity index (χ4v) is 2.93. The number of amides is 2. The quantitative estimate of drug-likeness (QED) is 0.676. The molecule has 0 bridgehead atoms. The van der Waals surface area contributed by atoms with Crippen LogP contribution >= 0.6 is 11.6 Å². The average Bonchev–Trinajstić information content (AvgIpc) is 2.59. The van der Waals surface area contributed by atoms with Gasteiger partial charge in [-0.25, -0.2) is 0 Å². The Labute approximate surface area is 151 Å². The van der Waals surface area contributed by atoms with Gasteiger partial charge in [-0.1, -0.05) is 30.7 Å². The largest absolute Gasteiger partial charge is 0.481 e. The molecule has 7 heteroatoms. The second kappa shape index (κ2) is 8.67. The van der Waals surface area contributed by atoms with Crippen LogP contribution in [0, 0.1) is 11.8 Å². The summed E-state index contributed by atoms with van der Waals surface area (Å²) >= 11 is 5.99. The van der Waals surface area contributed by atoms with Crippen molar-refractivity contribution < 1.29 is 19.5 Å². The zero-order valence-corrected chi connectivity index (χ0v) is 14.7. The number of nitrogens with one attached hydrogen (secondary N) is 2. The van der Waals surface area contributed by atoms with Gasteiger partial charge in [-0.15, -0.1) is 0 Å². The van der Waals surface area contributed by atoms with Crippen molar-refractivity contribution in [3.05, 3.63) is 40.9 Å². The van der Waals surface area contributed by atoms with E-state index in [4.69, 9.17) is 11.6 Å². The highest BCUT2D eigenvalue weighted by molar-refractivity contribution is 6.31. The van der Waals surface area contributed by atoms with Crippen LogP contribution in [0.2, 0.25) is 5.02 Å². The van der Waals surface area contributed by atoms with Crippen LogP contribution in [-0.4, -0.2) is 29.4 Å². The average molecular weight is 365 g/mol. The van der Waals surface area contributed by atoms with Crippen molar-refractivity contribution in [2.45, 2.75) is 26.2 Å². The Morgan fingerprint density at radius 1 is 1.20 bits per heavy atom. The van der Waals surface area contributed by atoms with E-state index >= 15 is 0 Å². The number of carboxylic acids is 1. The van der Waals surface area contributed by atoms with Gasteiger partial charge >= 0.3 is 5.97 Å². The highest BCUT2D eigenvalue weighted by atomic mass is 35.5. The summed E-state index contributed by atoms with van der Waals surface area (Å²) < 4.78 is 0. The van der Waals surface area contributed by atoms with Gasteiger partial charge in [0.15, 0.2) is 0 Å². The van der Waals surface area contributed by atoms with Gasteiger partial charge in [0.05, 0.1) is 23.1 Å². The van der Waals surface area contributed by atoms with Crippen LogP contribution in [0.25, 0.3) is 0 Å². The van der Waals surface area contributed by atoms with Gasteiger partial charge in [0.25, 0.3) is 5.91 Å². The molecule has 0 aliphatic heterocycles. The van der Waals surface area contributed by atoms with Crippen molar-refractivity contribution in [1.29, 1.82) is 0 Å². The van der Waals surface area contributed by atoms with E-state index < -0.39 is 23.7 Å². The van der Waals surface area contributed by atoms with Crippen molar-refractivity contribution in [3.63, 3.8) is 0 Å². The molecule has 1 aliphatic rings. The molecule has 134 valence electrons. The van der Waals surface area contributed by atoms with Gasteiger partial charge in [-0.2, -0.15) is 0 Å². The lowest BCUT2D eigenvalue weighted by molar-refractivity contribution is -0.146. The number of benzene rings is 1. The standard InChI is InChI=1S/C18H21ClN2O4/c1-2-9-20-16(22)14-8-7-11(19)10-15(14)21-17(23)12-5-3-4-6-13(12)18(24)25/h3-4,7-8,10,12-13H,2,5-6,9H2,1H3,(H,20,22)(H,21,23)(H,24,25)/t12-,13+/m1/s1. The second-order valence-corrected chi connectivity index (χ2v) is 6.37. The van der Waals surface area contributed by atoms with Crippen LogP contribution in [0.15, 0.2) is 30.4 Å². The molecule has 0 aromatic heterocycles. The molecule has 2 amide bonds. The van der Waals surface area contributed by atoms with Crippen molar-refractivity contribution >= 4 is 35.1 Å². The molecule has 0 saturated carbocycles. The van der Waals surface area contributed by atoms with Gasteiger partial charge in [-0.3, -0.25) is 14.4 Å². The first-order chi connectivity index (χ1) is 11.9. The van der Waals surface area contributed by atoms with E-state index in [0.29, 0.717) is 30.0 Å². The predicted octanol–water partition coefficient (Wildman–Crippen LogP) is 3.09. The summed E-state index contributed by atoms with van der Waals surface area (Å²) in [6.07, 6.45) is 5.02. The minimum Gasteiger partial charge on any atom is -0.481 e. The Balaban J connectivity index is 2.22. The summed E-state index contributed by atoms with van der Waals surface area (Å²) in [5.74, 6) is -3.21. The van der Waals surface area contributed by atoms with Crippen LogP contribution in [0.1, 0.15) is 36.5 Å². The van der Waals surface area contributed by atoms with E-state index in [1.54, 1.807) is 24.3 Å². The summed E-state index contributed by atoms with van der Waals surface area (Å²) in [5, 5.41) is 15.1. The molecule has 0 fully saturated rings. The molecule has 3 N–H and O–H groups in total. The van der Waals surface area contributed by atoms with Crippen molar-refractivity contribution in [2.24, 2.45) is 11.8 Å². The number of hydrogen-bond acceptors (Lipinski definition) is 3. The van der Waals surface area contributed by atoms with Gasteiger partial charge in [0, 0.05) is 11.6 Å². The molecule has 1 aromatic carbocycles. The van der Waals surface area contributed by atoms with Crippen molar-refractivity contribution in [2.75, 3.05) is 11.9 Å². The number of carboxylic acid groups (broad SMARTS) is 1. The zero-order valence-electron chi connectivity index (χ0n) is 13.9. The lowest BCUT2D eigenvalue weighted by atomic mass is 9.82. The smallest absolute Gasteiger partial charge is 0.307 e. The molecule has 2 rings (SSSR count). The van der Waals surface area contributed by atoms with Crippen LogP contribution in [0.4, 0.5) is 5.69 Å². The molecule has 1 aliphatic carbocycles. The Morgan fingerprint density at radius 3 is 2.52 bits per heavy atom. The second-order valence-electron chi connectivity index (χ2n) is 5.93. The molecule has 0 radical (unpaired) electrons. The number of allylic oxidation sites excluding steroid dienone is 2. The van der Waals surface area contributed by atoms with E-state index in [9.17, 15) is 19.5 Å². The summed E-state index contributed by atoms with van der Waals surface area (Å²) in [7, 11) is 0. The summed E-state index contributed by atoms with van der Waals surface area (Å²) in [5.41, 5.74) is 0.578. The maximum absolute atomic E-state index is 12.6. The Morgan fingerprint density at radius 2 is 1.88 bits per heavy atom. The molecule has 25 heavy (non-hydrogen) atoms. The van der Waals surface area contributed by atoms with Crippen molar-refractivity contribution in [1.82, 2.24) is 5.32 Å². The maximum Gasteiger partial charge on any atom is 0.307 e. The van der Waals surface area contributed by atoms with Crippen LogP contribution in [0.5, 0.6) is 0 Å². The molecule has 0 saturated heterocycles. The third-order valence-corrected chi connectivity index (χ3v) is 4.34. The summed E-state index contributed by atoms with van der Waals surface area (Å²) in [4.78, 5) is 36.2. The highest BCUT2D eigenvalue weighted by Gasteiger charge is 2.34. The van der Waals surface area contributed by atoms with Crippen molar-refractivity contribution in [3.8, 4) is 0 Å². The Hall–Kier alpha value is -2.34. The van der Waals surface area contributed by atoms with E-state index in [1.165, 1.54) is 6.07 Å². The lowest BCUT2D eigenvalue weighted by Crippen LogP contribution is -2.35. The first-order valence-electron chi connectivity index (χ1n) is 8.20. The minimum atomic E-state index is -1.00. The fourth-order valence-electron chi connectivity index (χ4n) is 2.75. The highest BCUT2D eigenvalue weighted by Crippen LogP contribution is 2.28. The first-order valence-corrected chi connectivity index (χ1v) is 8.58. The summed E-state index contributed by atoms with van der Waals surface area (Å²) in [6.45, 7) is 2.46. The van der Waals surface area contributed by atoms with Gasteiger partial charge in [-0.05, 0) is 37.5 Å². The normalized spacial score (nSPS) is 19.3. The Kier molecular flexibility index (Phi) is 6.58. The van der Waals surface area contributed by atoms with Gasteiger partial charge in [0.2, 0.25) is 5.91 Å². The number of carbonyl (C=O) groups is 3. The van der Waals surface area contributed by atoms with Crippen LogP contribution in [-0.2, 0) is 9.59 Å². The first kappa shape index (κ1) is 19.0. The number of hydrogen-bond donors (Lipinski definition) is 3. The van der Waals surface area contributed by atoms with Crippen LogP contribution < -0.4 is 10.6 Å². The molecular formula is C18H21ClN2O4. The van der Waals surface area contributed by atoms with Gasteiger partial charge < -0.3 is 15.7 Å². The number of carbonyl (C=O) groups excluding carboxylic acids is 2.